The van der Waals surface area contributed by atoms with Crippen molar-refractivity contribution < 1.29 is 0 Å². The minimum absolute atomic E-state index is 0.213. The third kappa shape index (κ3) is 5.28. The summed E-state index contributed by atoms with van der Waals surface area (Å²) in [5, 5.41) is 0. The summed E-state index contributed by atoms with van der Waals surface area (Å²) in [6, 6.07) is 2.21. The molecule has 1 aliphatic heterocycles. The molecule has 2 fully saturated rings. The Balaban J connectivity index is 2.09. The molecule has 0 radical (unpaired) electrons. The lowest BCUT2D eigenvalue weighted by molar-refractivity contribution is -0.0710. The van der Waals surface area contributed by atoms with Crippen LogP contribution in [0.25, 0.3) is 0 Å². The van der Waals surface area contributed by atoms with Gasteiger partial charge in [0.2, 0.25) is 0 Å². The maximum atomic E-state index is 2.91. The van der Waals surface area contributed by atoms with E-state index in [1.54, 1.807) is 0 Å². The van der Waals surface area contributed by atoms with Gasteiger partial charge in [-0.05, 0) is 95.0 Å². The highest BCUT2D eigenvalue weighted by Crippen LogP contribution is 2.38. The van der Waals surface area contributed by atoms with E-state index in [0.717, 1.165) is 12.1 Å². The Morgan fingerprint density at radius 2 is 1.41 bits per heavy atom. The Morgan fingerprint density at radius 3 is 1.93 bits per heavy atom. The van der Waals surface area contributed by atoms with Crippen LogP contribution in [0.2, 0.25) is 0 Å². The van der Waals surface area contributed by atoms with E-state index in [2.05, 4.69) is 84.1 Å². The molecule has 1 saturated carbocycles. The summed E-state index contributed by atoms with van der Waals surface area (Å²) < 4.78 is 0. The topological polar surface area (TPSA) is 9.72 Å². The molecule has 0 N–H and O–H groups in total. The van der Waals surface area contributed by atoms with Gasteiger partial charge < -0.3 is 0 Å². The zero-order valence-electron chi connectivity index (χ0n) is 20.2. The van der Waals surface area contributed by atoms with Crippen LogP contribution in [0, 0.1) is 0 Å². The lowest BCUT2D eigenvalue weighted by atomic mass is 9.80. The smallest absolute Gasteiger partial charge is 0.0257 e. The van der Waals surface area contributed by atoms with Crippen molar-refractivity contribution in [3.8, 4) is 0 Å². The molecule has 1 aliphatic carbocycles. The number of hydrogen-bond donors (Lipinski definition) is 0. The van der Waals surface area contributed by atoms with E-state index in [1.807, 2.05) is 0 Å². The molecule has 3 nitrogen and oxygen atoms in total. The van der Waals surface area contributed by atoms with Gasteiger partial charge in [0, 0.05) is 47.8 Å². The average Bonchev–Trinajstić information content (AvgIpc) is 2.57. The number of hydrogen-bond acceptors (Lipinski definition) is 3. The van der Waals surface area contributed by atoms with Gasteiger partial charge in [0.15, 0.2) is 0 Å². The molecule has 0 bridgehead atoms. The predicted molar refractivity (Wildman–Crippen MR) is 120 cm³/mol. The summed E-state index contributed by atoms with van der Waals surface area (Å²) >= 11 is 0. The quantitative estimate of drug-likeness (QED) is 0.612. The van der Waals surface area contributed by atoms with Gasteiger partial charge >= 0.3 is 0 Å². The van der Waals surface area contributed by atoms with E-state index in [-0.39, 0.29) is 16.6 Å². The first-order valence-electron chi connectivity index (χ1n) is 11.5. The Kier molecular flexibility index (Phi) is 7.14. The summed E-state index contributed by atoms with van der Waals surface area (Å²) in [7, 11) is 2.30. The van der Waals surface area contributed by atoms with Crippen molar-refractivity contribution in [2.24, 2.45) is 0 Å². The average molecular weight is 380 g/mol. The van der Waals surface area contributed by atoms with Crippen LogP contribution in [-0.4, -0.2) is 69.6 Å². The van der Waals surface area contributed by atoms with Crippen LogP contribution in [-0.2, 0) is 0 Å². The molecule has 160 valence electrons. The third-order valence-electron chi connectivity index (χ3n) is 7.82. The van der Waals surface area contributed by atoms with Crippen molar-refractivity contribution in [2.75, 3.05) is 20.1 Å². The lowest BCUT2D eigenvalue weighted by Gasteiger charge is -2.57. The fourth-order valence-corrected chi connectivity index (χ4v) is 5.62. The largest absolute Gasteiger partial charge is 0.296 e. The molecular formula is C24H49N3. The molecule has 1 saturated heterocycles. The third-order valence-corrected chi connectivity index (χ3v) is 7.82. The molecule has 27 heavy (non-hydrogen) atoms. The Bertz CT molecular complexity index is 475. The SMILES string of the molecule is CC(C)N1CCN(C(C)(C)CCC(C)(C)N(C)C(C)(C)C)C2CCCCC21. The van der Waals surface area contributed by atoms with Gasteiger partial charge in [-0.3, -0.25) is 14.7 Å². The molecule has 0 spiro atoms. The van der Waals surface area contributed by atoms with Gasteiger partial charge in [0.05, 0.1) is 0 Å². The molecule has 0 amide bonds. The van der Waals surface area contributed by atoms with Crippen LogP contribution in [0.4, 0.5) is 0 Å². The minimum atomic E-state index is 0.213. The van der Waals surface area contributed by atoms with Gasteiger partial charge in [-0.15, -0.1) is 0 Å². The van der Waals surface area contributed by atoms with Crippen LogP contribution in [0.3, 0.4) is 0 Å². The van der Waals surface area contributed by atoms with Crippen LogP contribution in [0.1, 0.15) is 101 Å². The summed E-state index contributed by atoms with van der Waals surface area (Å²) in [5.41, 5.74) is 0.714. The predicted octanol–water partition coefficient (Wildman–Crippen LogP) is 5.39. The van der Waals surface area contributed by atoms with Gasteiger partial charge in [0.1, 0.15) is 0 Å². The molecular weight excluding hydrogens is 330 g/mol. The van der Waals surface area contributed by atoms with Crippen molar-refractivity contribution in [1.82, 2.24) is 14.7 Å². The molecule has 3 heteroatoms. The van der Waals surface area contributed by atoms with Crippen molar-refractivity contribution in [3.05, 3.63) is 0 Å². The highest BCUT2D eigenvalue weighted by molar-refractivity contribution is 5.01. The zero-order chi connectivity index (χ0) is 20.6. The van der Waals surface area contributed by atoms with E-state index in [0.29, 0.717) is 6.04 Å². The van der Waals surface area contributed by atoms with Gasteiger partial charge in [0.25, 0.3) is 0 Å². The number of piperazine rings is 1. The fraction of sp³-hybridized carbons (Fsp3) is 1.00. The Hall–Kier alpha value is -0.120. The number of rotatable bonds is 6. The first-order valence-corrected chi connectivity index (χ1v) is 11.5. The maximum absolute atomic E-state index is 2.91. The van der Waals surface area contributed by atoms with Crippen molar-refractivity contribution >= 4 is 0 Å². The van der Waals surface area contributed by atoms with Gasteiger partial charge in [-0.1, -0.05) is 12.8 Å². The van der Waals surface area contributed by atoms with E-state index >= 15 is 0 Å². The second kappa shape index (κ2) is 8.32. The van der Waals surface area contributed by atoms with Crippen molar-refractivity contribution in [1.29, 1.82) is 0 Å². The molecule has 1 heterocycles. The van der Waals surface area contributed by atoms with E-state index in [9.17, 15) is 0 Å². The zero-order valence-corrected chi connectivity index (χ0v) is 20.2. The molecule has 0 aromatic rings. The van der Waals surface area contributed by atoms with E-state index in [1.165, 1.54) is 51.6 Å². The van der Waals surface area contributed by atoms with Crippen LogP contribution < -0.4 is 0 Å². The maximum Gasteiger partial charge on any atom is 0.0257 e. The highest BCUT2D eigenvalue weighted by atomic mass is 15.3. The molecule has 2 unspecified atom stereocenters. The summed E-state index contributed by atoms with van der Waals surface area (Å²) in [6.07, 6.45) is 8.14. The standard InChI is InChI=1S/C24H49N3/c1-19(2)26-17-18-27(21-14-12-11-13-20(21)26)24(8,9)16-15-23(6,7)25(10)22(3,4)5/h19-21H,11-18H2,1-10H3. The lowest BCUT2D eigenvalue weighted by Crippen LogP contribution is -2.66. The molecule has 2 atom stereocenters. The Labute approximate surface area is 170 Å². The number of nitrogens with zero attached hydrogens (tertiary/aromatic N) is 3. The highest BCUT2D eigenvalue weighted by Gasteiger charge is 2.44. The van der Waals surface area contributed by atoms with E-state index in [4.69, 9.17) is 0 Å². The van der Waals surface area contributed by atoms with Gasteiger partial charge in [-0.2, -0.15) is 0 Å². The Morgan fingerprint density at radius 1 is 0.852 bits per heavy atom. The fourth-order valence-electron chi connectivity index (χ4n) is 5.62. The van der Waals surface area contributed by atoms with E-state index < -0.39 is 0 Å². The molecule has 0 aromatic carbocycles. The van der Waals surface area contributed by atoms with Gasteiger partial charge in [-0.25, -0.2) is 0 Å². The normalized spacial score (nSPS) is 26.7. The molecule has 2 rings (SSSR count). The first kappa shape index (κ1) is 23.2. The van der Waals surface area contributed by atoms with Crippen LogP contribution in [0.5, 0.6) is 0 Å². The minimum Gasteiger partial charge on any atom is -0.296 e. The second-order valence-corrected chi connectivity index (χ2v) is 11.8. The summed E-state index contributed by atoms with van der Waals surface area (Å²) in [4.78, 5) is 8.27. The first-order chi connectivity index (χ1) is 12.3. The second-order valence-electron chi connectivity index (χ2n) is 11.8. The number of fused-ring (bicyclic) bond motifs is 1. The van der Waals surface area contributed by atoms with Crippen LogP contribution in [0.15, 0.2) is 0 Å². The van der Waals surface area contributed by atoms with Crippen molar-refractivity contribution in [2.45, 2.75) is 136 Å². The van der Waals surface area contributed by atoms with Crippen LogP contribution >= 0.6 is 0 Å². The summed E-state index contributed by atoms with van der Waals surface area (Å²) in [5.74, 6) is 0. The van der Waals surface area contributed by atoms with Crippen molar-refractivity contribution in [3.63, 3.8) is 0 Å². The summed E-state index contributed by atoms with van der Waals surface area (Å²) in [6.45, 7) is 24.1. The monoisotopic (exact) mass is 379 g/mol. The molecule has 2 aliphatic rings. The molecule has 0 aromatic heterocycles.